The van der Waals surface area contributed by atoms with E-state index in [1.165, 1.54) is 0 Å². The number of halogens is 4. The third-order valence-electron chi connectivity index (χ3n) is 6.67. The van der Waals surface area contributed by atoms with E-state index in [0.29, 0.717) is 36.2 Å². The molecule has 11 heteroatoms. The number of nitrogens with zero attached hydrogens (tertiary/aromatic N) is 4. The number of carbonyl (C=O) groups excluding carboxylic acids is 1. The summed E-state index contributed by atoms with van der Waals surface area (Å²) in [5, 5.41) is 14.7. The second-order valence-electron chi connectivity index (χ2n) is 9.91. The summed E-state index contributed by atoms with van der Waals surface area (Å²) in [6.07, 6.45) is -0.969. The number of hydrogen-bond acceptors (Lipinski definition) is 5. The van der Waals surface area contributed by atoms with E-state index in [4.69, 9.17) is 0 Å². The maximum Gasteiger partial charge on any atom is 0.416 e. The first-order valence-corrected chi connectivity index (χ1v) is 13.1. The van der Waals surface area contributed by atoms with Crippen LogP contribution in [-0.2, 0) is 30.5 Å². The van der Waals surface area contributed by atoms with Crippen LogP contribution in [-0.4, -0.2) is 38.4 Å². The van der Waals surface area contributed by atoms with Gasteiger partial charge in [0.1, 0.15) is 17.3 Å². The van der Waals surface area contributed by atoms with E-state index >= 15 is 0 Å². The summed E-state index contributed by atoms with van der Waals surface area (Å²) < 4.78 is 53.2. The number of nitrogens with one attached hydrogen (secondary N) is 1. The number of anilines is 2. The van der Waals surface area contributed by atoms with Crippen molar-refractivity contribution in [3.8, 4) is 0 Å². The molecule has 0 radical (unpaired) electrons. The average Bonchev–Trinajstić information content (AvgIpc) is 2.94. The molecule has 0 fully saturated rings. The molecule has 0 aliphatic carbocycles. The second kappa shape index (κ2) is 12.5. The second-order valence-corrected chi connectivity index (χ2v) is 9.91. The van der Waals surface area contributed by atoms with Crippen molar-refractivity contribution in [2.75, 3.05) is 11.9 Å². The standard InChI is InChI=1S/C30H31F4N5O2/c1-4-25(37-28(19(2)3)39(41)18-22-9-5-6-14-35-22)29(40)38-15-13-23-20(17-38)8-7-10-26(23)36-27-12-11-21(16-24(27)31)30(32,33)34/h4-12,14,16,19,36,41H,13,15,17-18H2,1-3H3/b25-4-,37-28?. The number of amides is 1. The first-order valence-electron chi connectivity index (χ1n) is 13.1. The van der Waals surface area contributed by atoms with Crippen molar-refractivity contribution in [3.05, 3.63) is 101 Å². The minimum absolute atomic E-state index is 0.0732. The number of fused-ring (bicyclic) bond motifs is 1. The van der Waals surface area contributed by atoms with Crippen molar-refractivity contribution < 1.29 is 27.6 Å². The zero-order chi connectivity index (χ0) is 29.7. The molecule has 1 aliphatic rings. The lowest BCUT2D eigenvalue weighted by Gasteiger charge is -2.31. The summed E-state index contributed by atoms with van der Waals surface area (Å²) in [4.78, 5) is 23.9. The number of aromatic nitrogens is 1. The number of pyridine rings is 1. The fourth-order valence-electron chi connectivity index (χ4n) is 4.57. The van der Waals surface area contributed by atoms with Gasteiger partial charge in [-0.25, -0.2) is 14.4 Å². The summed E-state index contributed by atoms with van der Waals surface area (Å²) >= 11 is 0. The quantitative estimate of drug-likeness (QED) is 0.109. The van der Waals surface area contributed by atoms with Gasteiger partial charge in [0, 0.05) is 30.9 Å². The van der Waals surface area contributed by atoms with Crippen molar-refractivity contribution in [3.63, 3.8) is 0 Å². The molecular weight excluding hydrogens is 538 g/mol. The van der Waals surface area contributed by atoms with Crippen LogP contribution >= 0.6 is 0 Å². The maximum absolute atomic E-state index is 14.5. The molecule has 2 aromatic carbocycles. The molecule has 41 heavy (non-hydrogen) atoms. The van der Waals surface area contributed by atoms with Crippen molar-refractivity contribution in [1.29, 1.82) is 0 Å². The number of benzene rings is 2. The summed E-state index contributed by atoms with van der Waals surface area (Å²) in [5.41, 5.74) is 1.92. The van der Waals surface area contributed by atoms with Crippen LogP contribution in [0.3, 0.4) is 0 Å². The molecule has 4 rings (SSSR count). The summed E-state index contributed by atoms with van der Waals surface area (Å²) in [7, 11) is 0. The van der Waals surface area contributed by atoms with Crippen LogP contribution in [0, 0.1) is 11.7 Å². The largest absolute Gasteiger partial charge is 0.416 e. The summed E-state index contributed by atoms with van der Waals surface area (Å²) in [6, 6.07) is 13.1. The number of amidine groups is 1. The molecule has 0 saturated carbocycles. The van der Waals surface area contributed by atoms with Crippen LogP contribution in [0.4, 0.5) is 28.9 Å². The molecule has 1 amide bonds. The van der Waals surface area contributed by atoms with E-state index in [9.17, 15) is 27.6 Å². The van der Waals surface area contributed by atoms with E-state index in [-0.39, 0.29) is 36.3 Å². The number of carbonyl (C=O) groups is 1. The molecule has 7 nitrogen and oxygen atoms in total. The maximum atomic E-state index is 14.5. The summed E-state index contributed by atoms with van der Waals surface area (Å²) in [6.45, 7) is 6.15. The Morgan fingerprint density at radius 1 is 1.17 bits per heavy atom. The van der Waals surface area contributed by atoms with Gasteiger partial charge in [0.2, 0.25) is 0 Å². The van der Waals surface area contributed by atoms with Gasteiger partial charge in [-0.15, -0.1) is 0 Å². The van der Waals surface area contributed by atoms with E-state index in [2.05, 4.69) is 15.3 Å². The van der Waals surface area contributed by atoms with Gasteiger partial charge in [-0.05, 0) is 60.9 Å². The fourth-order valence-corrected chi connectivity index (χ4v) is 4.57. The molecule has 0 bridgehead atoms. The molecule has 0 atom stereocenters. The van der Waals surface area contributed by atoms with E-state index < -0.39 is 17.6 Å². The topological polar surface area (TPSA) is 81.1 Å². The van der Waals surface area contributed by atoms with Crippen molar-refractivity contribution in [2.45, 2.75) is 46.5 Å². The van der Waals surface area contributed by atoms with Gasteiger partial charge in [0.25, 0.3) is 5.91 Å². The number of hydroxylamine groups is 2. The number of alkyl halides is 3. The Labute approximate surface area is 235 Å². The Kier molecular flexibility index (Phi) is 9.07. The number of hydrogen-bond donors (Lipinski definition) is 2. The Morgan fingerprint density at radius 2 is 1.95 bits per heavy atom. The lowest BCUT2D eigenvalue weighted by atomic mass is 9.97. The molecule has 1 aliphatic heterocycles. The van der Waals surface area contributed by atoms with Gasteiger partial charge in [0.15, 0.2) is 0 Å². The Bertz CT molecular complexity index is 1450. The van der Waals surface area contributed by atoms with Crippen LogP contribution in [0.1, 0.15) is 43.2 Å². The minimum atomic E-state index is -4.64. The first kappa shape index (κ1) is 29.7. The number of aliphatic imine (C=N–C) groups is 1. The molecule has 2 N–H and O–H groups in total. The lowest BCUT2D eigenvalue weighted by molar-refractivity contribution is -0.137. The van der Waals surface area contributed by atoms with Crippen molar-refractivity contribution >= 4 is 23.1 Å². The molecule has 3 aromatic rings. The van der Waals surface area contributed by atoms with Gasteiger partial charge in [-0.3, -0.25) is 15.0 Å². The molecule has 216 valence electrons. The van der Waals surface area contributed by atoms with Crippen LogP contribution < -0.4 is 5.32 Å². The Hall–Kier alpha value is -4.25. The van der Waals surface area contributed by atoms with E-state index in [1.807, 2.05) is 26.0 Å². The first-order chi connectivity index (χ1) is 19.5. The van der Waals surface area contributed by atoms with Crippen molar-refractivity contribution in [2.24, 2.45) is 10.9 Å². The molecule has 1 aromatic heterocycles. The SMILES string of the molecule is C/C=C(\N=C(C(C)C)N(O)Cc1ccccn1)C(=O)N1CCc2c(cccc2Nc2ccc(C(F)(F)F)cc2F)C1. The highest BCUT2D eigenvalue weighted by Gasteiger charge is 2.31. The highest BCUT2D eigenvalue weighted by molar-refractivity contribution is 5.97. The Balaban J connectivity index is 1.51. The predicted octanol–water partition coefficient (Wildman–Crippen LogP) is 6.72. The molecular formula is C30H31F4N5O2. The van der Waals surface area contributed by atoms with Gasteiger partial charge in [-0.2, -0.15) is 13.2 Å². The van der Waals surface area contributed by atoms with Crippen LogP contribution in [0.5, 0.6) is 0 Å². The zero-order valence-electron chi connectivity index (χ0n) is 22.9. The van der Waals surface area contributed by atoms with Crippen LogP contribution in [0.15, 0.2) is 77.6 Å². The minimum Gasteiger partial charge on any atom is -0.353 e. The monoisotopic (exact) mass is 569 g/mol. The molecule has 0 saturated heterocycles. The summed E-state index contributed by atoms with van der Waals surface area (Å²) in [5.74, 6) is -1.19. The van der Waals surface area contributed by atoms with Gasteiger partial charge >= 0.3 is 6.18 Å². The lowest BCUT2D eigenvalue weighted by Crippen LogP contribution is -2.38. The van der Waals surface area contributed by atoms with Gasteiger partial charge in [-0.1, -0.05) is 38.1 Å². The van der Waals surface area contributed by atoms with Crippen LogP contribution in [0.25, 0.3) is 0 Å². The van der Waals surface area contributed by atoms with Gasteiger partial charge < -0.3 is 10.2 Å². The average molecular weight is 570 g/mol. The van der Waals surface area contributed by atoms with E-state index in [0.717, 1.165) is 28.3 Å². The smallest absolute Gasteiger partial charge is 0.353 e. The zero-order valence-corrected chi connectivity index (χ0v) is 22.9. The third-order valence-corrected chi connectivity index (χ3v) is 6.67. The highest BCUT2D eigenvalue weighted by atomic mass is 19.4. The normalized spacial score (nSPS) is 14.2. The molecule has 2 heterocycles. The highest BCUT2D eigenvalue weighted by Crippen LogP contribution is 2.34. The molecule has 0 spiro atoms. The number of rotatable bonds is 7. The molecule has 0 unspecified atom stereocenters. The third kappa shape index (κ3) is 7.10. The fraction of sp³-hybridized carbons (Fsp3) is 0.300. The predicted molar refractivity (Wildman–Crippen MR) is 148 cm³/mol. The van der Waals surface area contributed by atoms with Crippen molar-refractivity contribution in [1.82, 2.24) is 14.9 Å². The van der Waals surface area contributed by atoms with E-state index in [1.54, 1.807) is 48.4 Å². The van der Waals surface area contributed by atoms with Gasteiger partial charge in [0.05, 0.1) is 23.5 Å². The number of allylic oxidation sites excluding steroid dienone is 1. The van der Waals surface area contributed by atoms with Crippen LogP contribution in [0.2, 0.25) is 0 Å². The Morgan fingerprint density at radius 3 is 2.59 bits per heavy atom.